The third-order valence-corrected chi connectivity index (χ3v) is 4.79. The zero-order valence-corrected chi connectivity index (χ0v) is 14.6. The van der Waals surface area contributed by atoms with E-state index < -0.39 is 0 Å². The Balaban J connectivity index is 1.40. The van der Waals surface area contributed by atoms with E-state index in [4.69, 9.17) is 4.74 Å². The van der Waals surface area contributed by atoms with Crippen LogP contribution in [0.1, 0.15) is 24.8 Å². The van der Waals surface area contributed by atoms with Crippen molar-refractivity contribution in [1.82, 2.24) is 0 Å². The Bertz CT molecular complexity index is 815. The zero-order chi connectivity index (χ0) is 17.9. The van der Waals surface area contributed by atoms with Crippen molar-refractivity contribution in [3.8, 4) is 5.75 Å². The number of hydrogen-bond donors (Lipinski definition) is 1. The minimum atomic E-state index is -0.199. The number of anilines is 2. The highest BCUT2D eigenvalue weighted by Gasteiger charge is 2.35. The van der Waals surface area contributed by atoms with Gasteiger partial charge in [0.15, 0.2) is 6.61 Å². The molecular weight excluding hydrogens is 328 g/mol. The van der Waals surface area contributed by atoms with Gasteiger partial charge in [0.1, 0.15) is 5.75 Å². The number of nitrogens with zero attached hydrogens (tertiary/aromatic N) is 1. The Morgan fingerprint density at radius 2 is 1.92 bits per heavy atom. The second-order valence-corrected chi connectivity index (χ2v) is 6.86. The van der Waals surface area contributed by atoms with Gasteiger partial charge in [-0.3, -0.25) is 9.59 Å². The molecular formula is C21H22N2O3. The Morgan fingerprint density at radius 1 is 1.12 bits per heavy atom. The van der Waals surface area contributed by atoms with Crippen molar-refractivity contribution in [1.29, 1.82) is 0 Å². The van der Waals surface area contributed by atoms with E-state index in [0.29, 0.717) is 5.75 Å². The third-order valence-electron chi connectivity index (χ3n) is 4.79. The molecule has 4 rings (SSSR count). The van der Waals surface area contributed by atoms with Gasteiger partial charge in [0.05, 0.1) is 0 Å². The third kappa shape index (κ3) is 3.72. The summed E-state index contributed by atoms with van der Waals surface area (Å²) in [5, 5.41) is 2.87. The molecule has 0 aromatic heterocycles. The Kier molecular flexibility index (Phi) is 4.61. The number of hydrogen-bond acceptors (Lipinski definition) is 3. The number of benzene rings is 2. The van der Waals surface area contributed by atoms with Crippen LogP contribution in [0.15, 0.2) is 48.5 Å². The van der Waals surface area contributed by atoms with E-state index in [0.717, 1.165) is 49.2 Å². The molecule has 1 saturated carbocycles. The topological polar surface area (TPSA) is 58.6 Å². The van der Waals surface area contributed by atoms with E-state index in [1.165, 1.54) is 0 Å². The molecule has 2 aliphatic rings. The average Bonchev–Trinajstić information content (AvgIpc) is 3.51. The zero-order valence-electron chi connectivity index (χ0n) is 14.6. The molecule has 134 valence electrons. The van der Waals surface area contributed by atoms with E-state index in [1.54, 1.807) is 0 Å². The maximum atomic E-state index is 12.4. The largest absolute Gasteiger partial charge is 0.484 e. The molecule has 26 heavy (non-hydrogen) atoms. The number of carbonyl (C=O) groups is 2. The molecule has 2 aromatic rings. The highest BCUT2D eigenvalue weighted by Crippen LogP contribution is 2.36. The quantitative estimate of drug-likeness (QED) is 0.899. The van der Waals surface area contributed by atoms with Crippen LogP contribution < -0.4 is 15.0 Å². The van der Waals surface area contributed by atoms with Gasteiger partial charge in [0.2, 0.25) is 5.91 Å². The lowest BCUT2D eigenvalue weighted by molar-refractivity contribution is -0.120. The number of amides is 2. The maximum Gasteiger partial charge on any atom is 0.262 e. The molecule has 2 amide bonds. The van der Waals surface area contributed by atoms with E-state index >= 15 is 0 Å². The molecule has 1 fully saturated rings. The lowest BCUT2D eigenvalue weighted by atomic mass is 10.0. The van der Waals surface area contributed by atoms with Gasteiger partial charge in [0.25, 0.3) is 5.91 Å². The molecule has 0 radical (unpaired) electrons. The van der Waals surface area contributed by atoms with Crippen LogP contribution in [-0.4, -0.2) is 25.0 Å². The molecule has 5 nitrogen and oxygen atoms in total. The number of para-hydroxylation sites is 1. The number of ether oxygens (including phenoxy) is 1. The van der Waals surface area contributed by atoms with Crippen LogP contribution in [0.3, 0.4) is 0 Å². The number of aryl methyl sites for hydroxylation is 1. The van der Waals surface area contributed by atoms with Crippen molar-refractivity contribution >= 4 is 23.2 Å². The summed E-state index contributed by atoms with van der Waals surface area (Å²) in [6.07, 6.45) is 3.91. The van der Waals surface area contributed by atoms with E-state index in [2.05, 4.69) is 5.32 Å². The second-order valence-electron chi connectivity index (χ2n) is 6.86. The molecule has 1 heterocycles. The lowest BCUT2D eigenvalue weighted by Gasteiger charge is -2.30. The number of carbonyl (C=O) groups excluding carboxylic acids is 2. The van der Waals surface area contributed by atoms with Gasteiger partial charge in [-0.15, -0.1) is 0 Å². The first-order valence-corrected chi connectivity index (χ1v) is 9.13. The average molecular weight is 350 g/mol. The van der Waals surface area contributed by atoms with Crippen molar-refractivity contribution in [2.24, 2.45) is 5.92 Å². The first-order chi connectivity index (χ1) is 12.7. The summed E-state index contributed by atoms with van der Waals surface area (Å²) in [5.74, 6) is 0.937. The smallest absolute Gasteiger partial charge is 0.262 e. The summed E-state index contributed by atoms with van der Waals surface area (Å²) >= 11 is 0. The van der Waals surface area contributed by atoms with Crippen LogP contribution >= 0.6 is 0 Å². The summed E-state index contributed by atoms with van der Waals surface area (Å²) in [6.45, 7) is 0.756. The SMILES string of the molecule is O=C(COc1ccccc1)Nc1ccc2c(c1)CCCN2C(=O)C1CC1. The van der Waals surface area contributed by atoms with Gasteiger partial charge in [-0.25, -0.2) is 0 Å². The summed E-state index contributed by atoms with van der Waals surface area (Å²) in [4.78, 5) is 26.5. The highest BCUT2D eigenvalue weighted by atomic mass is 16.5. The predicted molar refractivity (Wildman–Crippen MR) is 100 cm³/mol. The van der Waals surface area contributed by atoms with Gasteiger partial charge in [-0.1, -0.05) is 18.2 Å². The summed E-state index contributed by atoms with van der Waals surface area (Å²) in [7, 11) is 0. The molecule has 0 spiro atoms. The first-order valence-electron chi connectivity index (χ1n) is 9.13. The monoisotopic (exact) mass is 350 g/mol. The number of fused-ring (bicyclic) bond motifs is 1. The van der Waals surface area contributed by atoms with Crippen molar-refractivity contribution in [3.63, 3.8) is 0 Å². The minimum absolute atomic E-state index is 0.0343. The van der Waals surface area contributed by atoms with E-state index in [9.17, 15) is 9.59 Å². The van der Waals surface area contributed by atoms with Gasteiger partial charge < -0.3 is 15.0 Å². The van der Waals surface area contributed by atoms with Crippen molar-refractivity contribution in [2.75, 3.05) is 23.4 Å². The molecule has 1 N–H and O–H groups in total. The molecule has 5 heteroatoms. The second kappa shape index (κ2) is 7.20. The normalized spacial score (nSPS) is 15.9. The van der Waals surface area contributed by atoms with Gasteiger partial charge in [-0.05, 0) is 61.6 Å². The van der Waals surface area contributed by atoms with Gasteiger partial charge in [-0.2, -0.15) is 0 Å². The lowest BCUT2D eigenvalue weighted by Crippen LogP contribution is -2.36. The molecule has 0 atom stereocenters. The minimum Gasteiger partial charge on any atom is -0.484 e. The number of nitrogens with one attached hydrogen (secondary N) is 1. The van der Waals surface area contributed by atoms with Crippen molar-refractivity contribution in [3.05, 3.63) is 54.1 Å². The van der Waals surface area contributed by atoms with Gasteiger partial charge >= 0.3 is 0 Å². The maximum absolute atomic E-state index is 12.4. The predicted octanol–water partition coefficient (Wildman–Crippen LogP) is 3.39. The fraction of sp³-hybridized carbons (Fsp3) is 0.333. The van der Waals surface area contributed by atoms with Crippen LogP contribution in [0.5, 0.6) is 5.75 Å². The Morgan fingerprint density at radius 3 is 2.69 bits per heavy atom. The van der Waals surface area contributed by atoms with Crippen LogP contribution in [0.4, 0.5) is 11.4 Å². The molecule has 0 unspecified atom stereocenters. The van der Waals surface area contributed by atoms with Crippen LogP contribution in [-0.2, 0) is 16.0 Å². The van der Waals surface area contributed by atoms with Gasteiger partial charge in [0, 0.05) is 23.8 Å². The standard InChI is InChI=1S/C21H22N2O3/c24-20(14-26-18-6-2-1-3-7-18)22-17-10-11-19-16(13-17)5-4-12-23(19)21(25)15-8-9-15/h1-3,6-7,10-11,13,15H,4-5,8-9,12,14H2,(H,22,24). The fourth-order valence-electron chi connectivity index (χ4n) is 3.32. The summed E-state index contributed by atoms with van der Waals surface area (Å²) < 4.78 is 5.47. The van der Waals surface area contributed by atoms with Crippen molar-refractivity contribution in [2.45, 2.75) is 25.7 Å². The first kappa shape index (κ1) is 16.6. The Labute approximate surface area is 153 Å². The van der Waals surface area contributed by atoms with E-state index in [-0.39, 0.29) is 24.3 Å². The van der Waals surface area contributed by atoms with Crippen LogP contribution in [0.25, 0.3) is 0 Å². The molecule has 1 aliphatic carbocycles. The fourth-order valence-corrected chi connectivity index (χ4v) is 3.32. The molecule has 1 aliphatic heterocycles. The van der Waals surface area contributed by atoms with Crippen LogP contribution in [0, 0.1) is 5.92 Å². The summed E-state index contributed by atoms with van der Waals surface area (Å²) in [5.41, 5.74) is 2.85. The van der Waals surface area contributed by atoms with Crippen molar-refractivity contribution < 1.29 is 14.3 Å². The van der Waals surface area contributed by atoms with Crippen LogP contribution in [0.2, 0.25) is 0 Å². The number of rotatable bonds is 5. The van der Waals surface area contributed by atoms with E-state index in [1.807, 2.05) is 53.4 Å². The molecule has 0 bridgehead atoms. The summed E-state index contributed by atoms with van der Waals surface area (Å²) in [6, 6.07) is 15.0. The molecule has 2 aromatic carbocycles. The molecule has 0 saturated heterocycles. The Hall–Kier alpha value is -2.82. The highest BCUT2D eigenvalue weighted by molar-refractivity contribution is 5.98.